The number of piperidine rings is 1. The molecule has 1 aliphatic rings. The van der Waals surface area contributed by atoms with E-state index >= 15 is 0 Å². The summed E-state index contributed by atoms with van der Waals surface area (Å²) in [5.74, 6) is 0.193. The van der Waals surface area contributed by atoms with Crippen LogP contribution >= 0.6 is 0 Å². The van der Waals surface area contributed by atoms with Gasteiger partial charge >= 0.3 is 6.09 Å². The van der Waals surface area contributed by atoms with Crippen LogP contribution in [0.25, 0.3) is 0 Å². The Labute approximate surface area is 78.6 Å². The van der Waals surface area contributed by atoms with Crippen molar-refractivity contribution in [1.29, 1.82) is 0 Å². The number of carbonyl (C=O) groups excluding carboxylic acids is 2. The summed E-state index contributed by atoms with van der Waals surface area (Å²) in [6.07, 6.45) is 0.154. The Kier molecular flexibility index (Phi) is 3.34. The molecular weight excluding hydrogens is 169 g/mol. The number of hydrogen-bond acceptors (Lipinski definition) is 3. The van der Waals surface area contributed by atoms with E-state index in [9.17, 15) is 9.59 Å². The molecule has 0 N–H and O–H groups in total. The molecule has 0 radical (unpaired) electrons. The Morgan fingerprint density at radius 1 is 1.77 bits per heavy atom. The first-order valence-corrected chi connectivity index (χ1v) is 4.59. The van der Waals surface area contributed by atoms with Gasteiger partial charge in [0.15, 0.2) is 0 Å². The van der Waals surface area contributed by atoms with Crippen LogP contribution in [0.4, 0.5) is 4.79 Å². The zero-order chi connectivity index (χ0) is 9.84. The smallest absolute Gasteiger partial charge is 0.409 e. The summed E-state index contributed by atoms with van der Waals surface area (Å²) in [6.45, 7) is 3.16. The van der Waals surface area contributed by atoms with Crippen molar-refractivity contribution in [3.8, 4) is 0 Å². The molecule has 0 aromatic carbocycles. The summed E-state index contributed by atoms with van der Waals surface area (Å²) < 4.78 is 4.84. The Morgan fingerprint density at radius 2 is 2.46 bits per heavy atom. The molecule has 1 rings (SSSR count). The first-order chi connectivity index (χ1) is 6.15. The van der Waals surface area contributed by atoms with Crippen LogP contribution in [0, 0.1) is 0 Å². The maximum atomic E-state index is 11.2. The molecule has 72 valence electrons. The van der Waals surface area contributed by atoms with Crippen molar-refractivity contribution in [2.24, 2.45) is 0 Å². The Morgan fingerprint density at radius 3 is 3.00 bits per heavy atom. The fourth-order valence-corrected chi connectivity index (χ4v) is 1.40. The standard InChI is InChI=1S/C8H14BNO3/c1-2-13-8(12)10-4-3-7(11)6(9)5-10/h6H,2-5,9H2,1H3. The van der Waals surface area contributed by atoms with Crippen molar-refractivity contribution >= 4 is 19.7 Å². The first kappa shape index (κ1) is 10.1. The highest BCUT2D eigenvalue weighted by molar-refractivity contribution is 6.24. The number of amides is 1. The SMILES string of the molecule is BC1CN(C(=O)OCC)CCC1=O. The second-order valence-corrected chi connectivity index (χ2v) is 3.26. The van der Waals surface area contributed by atoms with E-state index < -0.39 is 0 Å². The van der Waals surface area contributed by atoms with Gasteiger partial charge in [-0.05, 0) is 6.92 Å². The lowest BCUT2D eigenvalue weighted by molar-refractivity contribution is -0.120. The van der Waals surface area contributed by atoms with Crippen LogP contribution < -0.4 is 0 Å². The van der Waals surface area contributed by atoms with Crippen molar-refractivity contribution in [2.45, 2.75) is 19.2 Å². The molecule has 1 saturated heterocycles. The molecule has 1 heterocycles. The van der Waals surface area contributed by atoms with Gasteiger partial charge in [-0.25, -0.2) is 4.79 Å². The first-order valence-electron chi connectivity index (χ1n) is 4.59. The summed E-state index contributed by atoms with van der Waals surface area (Å²) in [6, 6.07) is 0. The van der Waals surface area contributed by atoms with Gasteiger partial charge in [0.2, 0.25) is 0 Å². The quantitative estimate of drug-likeness (QED) is 0.530. The zero-order valence-corrected chi connectivity index (χ0v) is 8.08. The van der Waals surface area contributed by atoms with Crippen molar-refractivity contribution in [2.75, 3.05) is 19.7 Å². The average Bonchev–Trinajstić information content (AvgIpc) is 2.10. The number of Topliss-reactive ketones (excluding diaryl/α,β-unsaturated/α-hetero) is 1. The van der Waals surface area contributed by atoms with Crippen LogP contribution in [-0.2, 0) is 9.53 Å². The highest BCUT2D eigenvalue weighted by atomic mass is 16.6. The minimum atomic E-state index is -0.304. The van der Waals surface area contributed by atoms with Crippen LogP contribution in [-0.4, -0.2) is 44.3 Å². The van der Waals surface area contributed by atoms with Crippen molar-refractivity contribution in [3.05, 3.63) is 0 Å². The fraction of sp³-hybridized carbons (Fsp3) is 0.750. The number of rotatable bonds is 1. The van der Waals surface area contributed by atoms with E-state index in [1.165, 1.54) is 0 Å². The number of carbonyl (C=O) groups is 2. The van der Waals surface area contributed by atoms with Gasteiger partial charge in [-0.1, -0.05) is 0 Å². The lowest BCUT2D eigenvalue weighted by atomic mass is 9.80. The van der Waals surface area contributed by atoms with Gasteiger partial charge in [-0.2, -0.15) is 0 Å². The molecule has 13 heavy (non-hydrogen) atoms. The van der Waals surface area contributed by atoms with E-state index in [1.807, 2.05) is 7.85 Å². The fourth-order valence-electron chi connectivity index (χ4n) is 1.40. The van der Waals surface area contributed by atoms with E-state index in [-0.39, 0.29) is 17.7 Å². The third kappa shape index (κ3) is 2.47. The van der Waals surface area contributed by atoms with Crippen LogP contribution in [0.1, 0.15) is 13.3 Å². The molecule has 1 fully saturated rings. The van der Waals surface area contributed by atoms with Crippen molar-refractivity contribution in [3.63, 3.8) is 0 Å². The van der Waals surface area contributed by atoms with Gasteiger partial charge in [0, 0.05) is 25.3 Å². The number of likely N-dealkylation sites (tertiary alicyclic amines) is 1. The number of hydrogen-bond donors (Lipinski definition) is 0. The van der Waals surface area contributed by atoms with Gasteiger partial charge in [-0.3, -0.25) is 0 Å². The summed E-state index contributed by atoms with van der Waals surface area (Å²) in [4.78, 5) is 24.0. The Hall–Kier alpha value is -0.995. The molecule has 1 atom stereocenters. The van der Waals surface area contributed by atoms with Gasteiger partial charge < -0.3 is 14.4 Å². The van der Waals surface area contributed by atoms with Gasteiger partial charge in [0.05, 0.1) is 6.61 Å². The maximum Gasteiger partial charge on any atom is 0.409 e. The minimum Gasteiger partial charge on any atom is -0.450 e. The molecule has 5 heteroatoms. The molecule has 0 aromatic heterocycles. The molecule has 1 aliphatic heterocycles. The van der Waals surface area contributed by atoms with E-state index in [0.717, 1.165) is 0 Å². The lowest BCUT2D eigenvalue weighted by Gasteiger charge is -2.29. The lowest BCUT2D eigenvalue weighted by Crippen LogP contribution is -2.42. The topological polar surface area (TPSA) is 46.6 Å². The summed E-state index contributed by atoms with van der Waals surface area (Å²) in [7, 11) is 1.84. The number of ether oxygens (including phenoxy) is 1. The molecule has 0 aliphatic carbocycles. The van der Waals surface area contributed by atoms with E-state index in [1.54, 1.807) is 11.8 Å². The van der Waals surface area contributed by atoms with Crippen LogP contribution in [0.15, 0.2) is 0 Å². The predicted molar refractivity (Wildman–Crippen MR) is 50.5 cm³/mol. The van der Waals surface area contributed by atoms with Crippen LogP contribution in [0.5, 0.6) is 0 Å². The molecule has 0 spiro atoms. The third-order valence-corrected chi connectivity index (χ3v) is 2.20. The van der Waals surface area contributed by atoms with Gasteiger partial charge in [0.1, 0.15) is 13.6 Å². The number of nitrogens with zero attached hydrogens (tertiary/aromatic N) is 1. The highest BCUT2D eigenvalue weighted by Crippen LogP contribution is 2.15. The molecule has 1 amide bonds. The van der Waals surface area contributed by atoms with E-state index in [4.69, 9.17) is 4.74 Å². The normalized spacial score (nSPS) is 23.0. The number of ketones is 1. The summed E-state index contributed by atoms with van der Waals surface area (Å²) >= 11 is 0. The van der Waals surface area contributed by atoms with Gasteiger partial charge in [-0.15, -0.1) is 0 Å². The second-order valence-electron chi connectivity index (χ2n) is 3.26. The maximum absolute atomic E-state index is 11.2. The molecule has 0 bridgehead atoms. The molecule has 0 aromatic rings. The average molecular weight is 183 g/mol. The Balaban J connectivity index is 2.45. The summed E-state index contributed by atoms with van der Waals surface area (Å²) in [5, 5.41) is 0. The minimum absolute atomic E-state index is 0.0434. The summed E-state index contributed by atoms with van der Waals surface area (Å²) in [5.41, 5.74) is 0. The largest absolute Gasteiger partial charge is 0.450 e. The highest BCUT2D eigenvalue weighted by Gasteiger charge is 2.26. The van der Waals surface area contributed by atoms with Crippen molar-refractivity contribution in [1.82, 2.24) is 4.90 Å². The Bertz CT molecular complexity index is 219. The van der Waals surface area contributed by atoms with E-state index in [0.29, 0.717) is 26.1 Å². The monoisotopic (exact) mass is 183 g/mol. The predicted octanol–water partition coefficient (Wildman–Crippen LogP) is -0.161. The van der Waals surface area contributed by atoms with E-state index in [2.05, 4.69) is 0 Å². The zero-order valence-electron chi connectivity index (χ0n) is 8.08. The second kappa shape index (κ2) is 4.30. The molecule has 0 saturated carbocycles. The molecular formula is C8H14BNO3. The van der Waals surface area contributed by atoms with Crippen LogP contribution in [0.3, 0.4) is 0 Å². The van der Waals surface area contributed by atoms with Gasteiger partial charge in [0.25, 0.3) is 0 Å². The third-order valence-electron chi connectivity index (χ3n) is 2.20. The molecule has 4 nitrogen and oxygen atoms in total. The van der Waals surface area contributed by atoms with Crippen molar-refractivity contribution < 1.29 is 14.3 Å². The molecule has 1 unspecified atom stereocenters. The van der Waals surface area contributed by atoms with Crippen LogP contribution in [0.2, 0.25) is 5.82 Å².